The summed E-state index contributed by atoms with van der Waals surface area (Å²) in [7, 11) is 0. The van der Waals surface area contributed by atoms with Gasteiger partial charge in [-0.05, 0) is 25.3 Å². The molecule has 0 atom stereocenters. The van der Waals surface area contributed by atoms with Gasteiger partial charge in [0.15, 0.2) is 0 Å². The Morgan fingerprint density at radius 3 is 2.00 bits per heavy atom. The fraction of sp³-hybridized carbons (Fsp3) is 0.500. The van der Waals surface area contributed by atoms with Crippen LogP contribution in [0.15, 0.2) is 36.0 Å². The number of hydrogen-bond donors (Lipinski definition) is 0. The van der Waals surface area contributed by atoms with Crippen molar-refractivity contribution in [3.8, 4) is 0 Å². The fourth-order valence-corrected chi connectivity index (χ4v) is 0.860. The second-order valence-electron chi connectivity index (χ2n) is 3.12. The van der Waals surface area contributed by atoms with Gasteiger partial charge >= 0.3 is 0 Å². The van der Waals surface area contributed by atoms with Gasteiger partial charge in [0.1, 0.15) is 0 Å². The van der Waals surface area contributed by atoms with Crippen LogP contribution < -0.4 is 0 Å². The van der Waals surface area contributed by atoms with E-state index >= 15 is 0 Å². The average Bonchev–Trinajstić information content (AvgIpc) is 1.87. The summed E-state index contributed by atoms with van der Waals surface area (Å²) in [5, 5.41) is 0. The summed E-state index contributed by atoms with van der Waals surface area (Å²) in [6, 6.07) is 0. The average molecular weight is 166 g/mol. The van der Waals surface area contributed by atoms with E-state index in [1.54, 1.807) is 0 Å². The lowest BCUT2D eigenvalue weighted by molar-refractivity contribution is 0.789. The monoisotopic (exact) mass is 166 g/mol. The molecule has 0 aromatic carbocycles. The van der Waals surface area contributed by atoms with Gasteiger partial charge in [0, 0.05) is 0 Å². The third-order valence-electron chi connectivity index (χ3n) is 1.56. The standard InChI is InChI=1S/C11H18.CH4/c1-6-11(10(4)5)8-7-9(2)3;/h6-8,10H,2H2,1,3-5H3;1H4/b8-7-,11-6+;. The Balaban J connectivity index is 0. The molecule has 12 heavy (non-hydrogen) atoms. The first-order chi connectivity index (χ1) is 5.07. The molecule has 0 aliphatic carbocycles. The second kappa shape index (κ2) is 6.90. The lowest BCUT2D eigenvalue weighted by Gasteiger charge is -2.04. The molecule has 0 N–H and O–H groups in total. The van der Waals surface area contributed by atoms with Crippen LogP contribution in [0.2, 0.25) is 0 Å². The lowest BCUT2D eigenvalue weighted by Crippen LogP contribution is -1.88. The van der Waals surface area contributed by atoms with Crippen LogP contribution in [0.25, 0.3) is 0 Å². The minimum atomic E-state index is 0. The molecule has 0 amide bonds. The highest BCUT2D eigenvalue weighted by atomic mass is 14.0. The van der Waals surface area contributed by atoms with Crippen LogP contribution >= 0.6 is 0 Å². The lowest BCUT2D eigenvalue weighted by atomic mass is 10.0. The van der Waals surface area contributed by atoms with E-state index in [1.807, 2.05) is 6.92 Å². The van der Waals surface area contributed by atoms with Gasteiger partial charge in [-0.3, -0.25) is 0 Å². The Morgan fingerprint density at radius 2 is 1.75 bits per heavy atom. The molecule has 70 valence electrons. The van der Waals surface area contributed by atoms with Gasteiger partial charge in [-0.15, -0.1) is 0 Å². The van der Waals surface area contributed by atoms with Gasteiger partial charge in [-0.1, -0.05) is 51.7 Å². The Morgan fingerprint density at radius 1 is 1.25 bits per heavy atom. The maximum absolute atomic E-state index is 3.81. The molecule has 0 saturated heterocycles. The normalized spacial score (nSPS) is 11.9. The third-order valence-corrected chi connectivity index (χ3v) is 1.56. The van der Waals surface area contributed by atoms with Gasteiger partial charge in [-0.25, -0.2) is 0 Å². The van der Waals surface area contributed by atoms with Crippen molar-refractivity contribution in [1.82, 2.24) is 0 Å². The van der Waals surface area contributed by atoms with Crippen molar-refractivity contribution in [3.05, 3.63) is 36.0 Å². The van der Waals surface area contributed by atoms with Gasteiger partial charge in [0.05, 0.1) is 0 Å². The molecule has 0 saturated carbocycles. The number of rotatable bonds is 3. The minimum Gasteiger partial charge on any atom is -0.0961 e. The summed E-state index contributed by atoms with van der Waals surface area (Å²) in [5.74, 6) is 0.607. The summed E-state index contributed by atoms with van der Waals surface area (Å²) < 4.78 is 0. The van der Waals surface area contributed by atoms with Crippen LogP contribution in [0, 0.1) is 5.92 Å². The number of allylic oxidation sites excluding steroid dienone is 5. The van der Waals surface area contributed by atoms with E-state index in [4.69, 9.17) is 0 Å². The van der Waals surface area contributed by atoms with E-state index in [-0.39, 0.29) is 7.43 Å². The fourth-order valence-electron chi connectivity index (χ4n) is 0.860. The molecule has 0 unspecified atom stereocenters. The summed E-state index contributed by atoms with van der Waals surface area (Å²) in [6.07, 6.45) is 6.33. The van der Waals surface area contributed by atoms with Crippen molar-refractivity contribution in [1.29, 1.82) is 0 Å². The van der Waals surface area contributed by atoms with Crippen molar-refractivity contribution in [3.63, 3.8) is 0 Å². The molecule has 0 aromatic heterocycles. The van der Waals surface area contributed by atoms with Crippen LogP contribution in [-0.2, 0) is 0 Å². The quantitative estimate of drug-likeness (QED) is 0.546. The molecule has 0 bridgehead atoms. The third kappa shape index (κ3) is 5.96. The van der Waals surface area contributed by atoms with E-state index in [0.717, 1.165) is 5.57 Å². The van der Waals surface area contributed by atoms with Crippen molar-refractivity contribution in [2.45, 2.75) is 35.1 Å². The summed E-state index contributed by atoms with van der Waals surface area (Å²) >= 11 is 0. The van der Waals surface area contributed by atoms with Crippen LogP contribution in [0.5, 0.6) is 0 Å². The van der Waals surface area contributed by atoms with E-state index in [0.29, 0.717) is 5.92 Å². The van der Waals surface area contributed by atoms with E-state index in [1.165, 1.54) is 5.57 Å². The van der Waals surface area contributed by atoms with Crippen LogP contribution in [-0.4, -0.2) is 0 Å². The Bertz CT molecular complexity index is 180. The maximum atomic E-state index is 3.81. The topological polar surface area (TPSA) is 0 Å². The van der Waals surface area contributed by atoms with Crippen LogP contribution in [0.1, 0.15) is 35.1 Å². The van der Waals surface area contributed by atoms with E-state index in [9.17, 15) is 0 Å². The molecule has 0 fully saturated rings. The van der Waals surface area contributed by atoms with Gasteiger partial charge < -0.3 is 0 Å². The summed E-state index contributed by atoms with van der Waals surface area (Å²) in [4.78, 5) is 0. The molecule has 0 spiro atoms. The first-order valence-electron chi connectivity index (χ1n) is 4.07. The van der Waals surface area contributed by atoms with Crippen LogP contribution in [0.3, 0.4) is 0 Å². The van der Waals surface area contributed by atoms with Crippen molar-refractivity contribution in [2.24, 2.45) is 5.92 Å². The molecule has 0 heterocycles. The smallest absolute Gasteiger partial charge is 0.0222 e. The zero-order chi connectivity index (χ0) is 8.85. The first-order valence-corrected chi connectivity index (χ1v) is 4.07. The molecule has 0 aliphatic rings. The Kier molecular flexibility index (Phi) is 7.93. The molecular weight excluding hydrogens is 144 g/mol. The molecular formula is C12H22. The second-order valence-corrected chi connectivity index (χ2v) is 3.12. The minimum absolute atomic E-state index is 0. The molecule has 0 heteroatoms. The highest BCUT2D eigenvalue weighted by Crippen LogP contribution is 2.11. The largest absolute Gasteiger partial charge is 0.0961 e. The zero-order valence-corrected chi connectivity index (χ0v) is 8.02. The predicted octanol–water partition coefficient (Wildman–Crippen LogP) is 4.36. The molecule has 0 rings (SSSR count). The highest BCUT2D eigenvalue weighted by molar-refractivity contribution is 5.25. The number of hydrogen-bond acceptors (Lipinski definition) is 0. The molecule has 0 aromatic rings. The Labute approximate surface area is 77.7 Å². The van der Waals surface area contributed by atoms with Crippen molar-refractivity contribution in [2.75, 3.05) is 0 Å². The molecule has 0 radical (unpaired) electrons. The summed E-state index contributed by atoms with van der Waals surface area (Å²) in [5.41, 5.74) is 2.47. The van der Waals surface area contributed by atoms with Crippen molar-refractivity contribution >= 4 is 0 Å². The Hall–Kier alpha value is -0.780. The molecule has 0 aliphatic heterocycles. The SMILES string of the molecule is C.C=C(C)/C=C\C(=C/C)C(C)C. The van der Waals surface area contributed by atoms with Gasteiger partial charge in [-0.2, -0.15) is 0 Å². The highest BCUT2D eigenvalue weighted by Gasteiger charge is 1.95. The zero-order valence-electron chi connectivity index (χ0n) is 8.02. The van der Waals surface area contributed by atoms with Crippen molar-refractivity contribution < 1.29 is 0 Å². The van der Waals surface area contributed by atoms with Gasteiger partial charge in [0.2, 0.25) is 0 Å². The van der Waals surface area contributed by atoms with Crippen LogP contribution in [0.4, 0.5) is 0 Å². The van der Waals surface area contributed by atoms with Gasteiger partial charge in [0.25, 0.3) is 0 Å². The summed E-state index contributed by atoms with van der Waals surface area (Å²) in [6.45, 7) is 12.3. The predicted molar refractivity (Wildman–Crippen MR) is 59.3 cm³/mol. The molecule has 0 nitrogen and oxygen atoms in total. The van der Waals surface area contributed by atoms with E-state index in [2.05, 4.69) is 45.6 Å². The first kappa shape index (κ1) is 13.8. The van der Waals surface area contributed by atoms with E-state index < -0.39 is 0 Å². The maximum Gasteiger partial charge on any atom is -0.0222 e.